The van der Waals surface area contributed by atoms with E-state index in [1.807, 2.05) is 6.92 Å². The number of amides is 1. The Balaban J connectivity index is 2.08. The second-order valence-electron chi connectivity index (χ2n) is 2.90. The van der Waals surface area contributed by atoms with Crippen LogP contribution in [0.4, 0.5) is 5.82 Å². The van der Waals surface area contributed by atoms with Crippen LogP contribution in [-0.2, 0) is 6.54 Å². The highest BCUT2D eigenvalue weighted by Crippen LogP contribution is 2.04. The molecule has 15 heavy (non-hydrogen) atoms. The SMILES string of the molecule is CCn1ccc(C(=O)Nc2ccon2)n1. The molecule has 0 spiro atoms. The van der Waals surface area contributed by atoms with Crippen LogP contribution < -0.4 is 5.32 Å². The standard InChI is InChI=1S/C9H10N4O2/c1-2-13-5-3-7(11-13)9(14)10-8-4-6-15-12-8/h3-6H,2H2,1H3,(H,10,12,14). The fourth-order valence-corrected chi connectivity index (χ4v) is 1.12. The molecule has 1 N–H and O–H groups in total. The van der Waals surface area contributed by atoms with E-state index >= 15 is 0 Å². The highest BCUT2D eigenvalue weighted by atomic mass is 16.5. The van der Waals surface area contributed by atoms with Crippen molar-refractivity contribution >= 4 is 11.7 Å². The van der Waals surface area contributed by atoms with Gasteiger partial charge in [0.1, 0.15) is 6.26 Å². The van der Waals surface area contributed by atoms with Gasteiger partial charge in [0.2, 0.25) is 0 Å². The van der Waals surface area contributed by atoms with Crippen molar-refractivity contribution in [1.29, 1.82) is 0 Å². The minimum Gasteiger partial charge on any atom is -0.363 e. The summed E-state index contributed by atoms with van der Waals surface area (Å²) >= 11 is 0. The Morgan fingerprint density at radius 3 is 3.07 bits per heavy atom. The van der Waals surface area contributed by atoms with Crippen molar-refractivity contribution in [2.45, 2.75) is 13.5 Å². The maximum Gasteiger partial charge on any atom is 0.277 e. The van der Waals surface area contributed by atoms with Gasteiger partial charge in [0.15, 0.2) is 11.5 Å². The molecule has 0 radical (unpaired) electrons. The summed E-state index contributed by atoms with van der Waals surface area (Å²) in [4.78, 5) is 11.6. The summed E-state index contributed by atoms with van der Waals surface area (Å²) in [5, 5.41) is 10.2. The number of nitrogens with one attached hydrogen (secondary N) is 1. The quantitative estimate of drug-likeness (QED) is 0.817. The average Bonchev–Trinajstić information content (AvgIpc) is 2.86. The van der Waals surface area contributed by atoms with Crippen molar-refractivity contribution in [1.82, 2.24) is 14.9 Å². The van der Waals surface area contributed by atoms with Crippen LogP contribution >= 0.6 is 0 Å². The van der Waals surface area contributed by atoms with Crippen LogP contribution in [0.5, 0.6) is 0 Å². The predicted molar refractivity (Wildman–Crippen MR) is 52.4 cm³/mol. The third kappa shape index (κ3) is 2.04. The van der Waals surface area contributed by atoms with E-state index in [1.54, 1.807) is 23.0 Å². The van der Waals surface area contributed by atoms with E-state index in [2.05, 4.69) is 20.1 Å². The maximum atomic E-state index is 11.6. The van der Waals surface area contributed by atoms with E-state index in [9.17, 15) is 4.79 Å². The highest BCUT2D eigenvalue weighted by Gasteiger charge is 2.10. The first-order valence-electron chi connectivity index (χ1n) is 4.55. The molecule has 6 heteroatoms. The average molecular weight is 206 g/mol. The molecule has 0 bridgehead atoms. The maximum absolute atomic E-state index is 11.6. The van der Waals surface area contributed by atoms with Crippen molar-refractivity contribution in [2.24, 2.45) is 0 Å². The molecule has 0 saturated carbocycles. The normalized spacial score (nSPS) is 10.2. The first-order valence-corrected chi connectivity index (χ1v) is 4.55. The van der Waals surface area contributed by atoms with Gasteiger partial charge < -0.3 is 9.84 Å². The molecule has 6 nitrogen and oxygen atoms in total. The third-order valence-electron chi connectivity index (χ3n) is 1.88. The van der Waals surface area contributed by atoms with Crippen LogP contribution in [0.2, 0.25) is 0 Å². The van der Waals surface area contributed by atoms with Crippen molar-refractivity contribution in [3.63, 3.8) is 0 Å². The number of hydrogen-bond acceptors (Lipinski definition) is 4. The molecule has 1 amide bonds. The predicted octanol–water partition coefficient (Wildman–Crippen LogP) is 1.14. The number of hydrogen-bond donors (Lipinski definition) is 1. The largest absolute Gasteiger partial charge is 0.363 e. The van der Waals surface area contributed by atoms with E-state index in [4.69, 9.17) is 0 Å². The molecule has 0 aromatic carbocycles. The molecule has 0 aliphatic heterocycles. The minimum absolute atomic E-state index is 0.295. The van der Waals surface area contributed by atoms with E-state index in [0.717, 1.165) is 6.54 Å². The van der Waals surface area contributed by atoms with E-state index in [1.165, 1.54) is 6.26 Å². The zero-order valence-corrected chi connectivity index (χ0v) is 8.17. The number of rotatable bonds is 3. The Hall–Kier alpha value is -2.11. The Morgan fingerprint density at radius 2 is 2.47 bits per heavy atom. The first-order chi connectivity index (χ1) is 7.29. The minimum atomic E-state index is -0.295. The van der Waals surface area contributed by atoms with Gasteiger partial charge >= 0.3 is 0 Å². The van der Waals surface area contributed by atoms with Gasteiger partial charge in [0, 0.05) is 18.8 Å². The van der Waals surface area contributed by atoms with Gasteiger partial charge in [-0.05, 0) is 13.0 Å². The Morgan fingerprint density at radius 1 is 1.60 bits per heavy atom. The molecule has 2 aromatic rings. The summed E-state index contributed by atoms with van der Waals surface area (Å²) < 4.78 is 6.27. The van der Waals surface area contributed by atoms with Crippen LogP contribution in [0.3, 0.4) is 0 Å². The number of aromatic nitrogens is 3. The molecule has 2 aromatic heterocycles. The lowest BCUT2D eigenvalue weighted by molar-refractivity contribution is 0.102. The molecule has 2 heterocycles. The number of carbonyl (C=O) groups excluding carboxylic acids is 1. The van der Waals surface area contributed by atoms with Crippen molar-refractivity contribution in [2.75, 3.05) is 5.32 Å². The van der Waals surface area contributed by atoms with E-state index in [-0.39, 0.29) is 5.91 Å². The van der Waals surface area contributed by atoms with Crippen LogP contribution in [0.15, 0.2) is 29.1 Å². The molecular weight excluding hydrogens is 196 g/mol. The molecule has 0 saturated heterocycles. The Bertz CT molecular complexity index is 446. The lowest BCUT2D eigenvalue weighted by Crippen LogP contribution is -2.13. The molecule has 78 valence electrons. The lowest BCUT2D eigenvalue weighted by atomic mass is 10.4. The van der Waals surface area contributed by atoms with Gasteiger partial charge in [0.05, 0.1) is 0 Å². The van der Waals surface area contributed by atoms with Gasteiger partial charge in [-0.1, -0.05) is 5.16 Å². The molecule has 0 unspecified atom stereocenters. The van der Waals surface area contributed by atoms with Gasteiger partial charge in [-0.15, -0.1) is 0 Å². The summed E-state index contributed by atoms with van der Waals surface area (Å²) in [5.74, 6) is 0.0853. The van der Waals surface area contributed by atoms with Gasteiger partial charge in [-0.25, -0.2) is 0 Å². The smallest absolute Gasteiger partial charge is 0.277 e. The van der Waals surface area contributed by atoms with Crippen LogP contribution in [0.25, 0.3) is 0 Å². The Kier molecular flexibility index (Phi) is 2.49. The topological polar surface area (TPSA) is 73.0 Å². The Labute approximate surface area is 85.9 Å². The fraction of sp³-hybridized carbons (Fsp3) is 0.222. The van der Waals surface area contributed by atoms with Crippen LogP contribution in [0, 0.1) is 0 Å². The summed E-state index contributed by atoms with van der Waals surface area (Å²) in [5.41, 5.74) is 0.361. The van der Waals surface area contributed by atoms with Crippen molar-refractivity contribution in [3.05, 3.63) is 30.3 Å². The summed E-state index contributed by atoms with van der Waals surface area (Å²) in [6.45, 7) is 2.68. The van der Waals surface area contributed by atoms with Crippen molar-refractivity contribution < 1.29 is 9.32 Å². The fourth-order valence-electron chi connectivity index (χ4n) is 1.12. The summed E-state index contributed by atoms with van der Waals surface area (Å²) in [6.07, 6.45) is 3.14. The summed E-state index contributed by atoms with van der Waals surface area (Å²) in [7, 11) is 0. The van der Waals surface area contributed by atoms with Gasteiger partial charge in [0.25, 0.3) is 5.91 Å². The lowest BCUT2D eigenvalue weighted by Gasteiger charge is -1.96. The number of nitrogens with zero attached hydrogens (tertiary/aromatic N) is 3. The van der Waals surface area contributed by atoms with Gasteiger partial charge in [-0.2, -0.15) is 5.10 Å². The molecule has 0 fully saturated rings. The number of aryl methyl sites for hydroxylation is 1. The van der Waals surface area contributed by atoms with Crippen molar-refractivity contribution in [3.8, 4) is 0 Å². The summed E-state index contributed by atoms with van der Waals surface area (Å²) in [6, 6.07) is 3.22. The zero-order chi connectivity index (χ0) is 10.7. The molecule has 0 atom stereocenters. The van der Waals surface area contributed by atoms with Crippen LogP contribution in [-0.4, -0.2) is 20.8 Å². The second kappa shape index (κ2) is 3.95. The van der Waals surface area contributed by atoms with Gasteiger partial charge in [-0.3, -0.25) is 9.48 Å². The highest BCUT2D eigenvalue weighted by molar-refractivity contribution is 6.02. The number of carbonyl (C=O) groups is 1. The zero-order valence-electron chi connectivity index (χ0n) is 8.17. The van der Waals surface area contributed by atoms with E-state index < -0.39 is 0 Å². The molecule has 2 rings (SSSR count). The molecule has 0 aliphatic carbocycles. The second-order valence-corrected chi connectivity index (χ2v) is 2.90. The third-order valence-corrected chi connectivity index (χ3v) is 1.88. The molecule has 0 aliphatic rings. The first kappa shape index (κ1) is 9.45. The van der Waals surface area contributed by atoms with E-state index in [0.29, 0.717) is 11.5 Å². The van der Waals surface area contributed by atoms with Crippen LogP contribution in [0.1, 0.15) is 17.4 Å². The number of anilines is 1. The molecular formula is C9H10N4O2. The monoisotopic (exact) mass is 206 g/mol.